The maximum Gasteiger partial charge on any atom is 0.428 e. The molecule has 0 spiro atoms. The van der Waals surface area contributed by atoms with Crippen LogP contribution in [0.4, 0.5) is 13.2 Å². The van der Waals surface area contributed by atoms with E-state index in [1.807, 2.05) is 6.92 Å². The quantitative estimate of drug-likeness (QED) is 0.121. The SMILES string of the molecule is CC[C@H]1OC(=O)[C@H](C)[C@@H](O[C@H]2C[C@@](C)(OC)[C@](O)(CNCCS(=O)(=O)N(C)C)[C@H](C)O2)[C@H](C)[C@@H](O[C@@H]2O[C@H](C)C[C@H]3[C@H]2OC(C(F)(F)F)N3C)[C@](C)(O)C[C@@H](C)CN[C@H](C)[C@@H](O)[C@]1(C)O. The predicted molar refractivity (Wildman–Crippen MR) is 232 cm³/mol. The summed E-state index contributed by atoms with van der Waals surface area (Å²) in [7, 11) is 2.04. The molecule has 4 aliphatic heterocycles. The van der Waals surface area contributed by atoms with Crippen molar-refractivity contribution in [1.29, 1.82) is 0 Å². The lowest BCUT2D eigenvalue weighted by molar-refractivity contribution is -0.336. The first-order chi connectivity index (χ1) is 29.8. The van der Waals surface area contributed by atoms with Crippen LogP contribution >= 0.6 is 0 Å². The van der Waals surface area contributed by atoms with Crippen LogP contribution < -0.4 is 10.6 Å². The molecule has 18 nitrogen and oxygen atoms in total. The van der Waals surface area contributed by atoms with Gasteiger partial charge in [0, 0.05) is 58.7 Å². The van der Waals surface area contributed by atoms with Crippen molar-refractivity contribution in [3.63, 3.8) is 0 Å². The lowest BCUT2D eigenvalue weighted by Gasteiger charge is -2.53. The van der Waals surface area contributed by atoms with E-state index in [9.17, 15) is 46.8 Å². The molecule has 0 aromatic carbocycles. The first-order valence-corrected chi connectivity index (χ1v) is 24.4. The zero-order valence-corrected chi connectivity index (χ0v) is 41.4. The van der Waals surface area contributed by atoms with Crippen LogP contribution in [-0.4, -0.2) is 200 Å². The largest absolute Gasteiger partial charge is 0.459 e. The van der Waals surface area contributed by atoms with Gasteiger partial charge >= 0.3 is 12.1 Å². The third kappa shape index (κ3) is 12.3. The van der Waals surface area contributed by atoms with E-state index in [1.54, 1.807) is 41.5 Å². The van der Waals surface area contributed by atoms with Gasteiger partial charge in [-0.1, -0.05) is 20.8 Å². The number of hydrogen-bond acceptors (Lipinski definition) is 17. The summed E-state index contributed by atoms with van der Waals surface area (Å²) in [5.41, 5.74) is -6.87. The molecule has 0 aromatic rings. The van der Waals surface area contributed by atoms with Crippen molar-refractivity contribution in [3.05, 3.63) is 0 Å². The molecule has 0 radical (unpaired) electrons. The van der Waals surface area contributed by atoms with Gasteiger partial charge in [-0.25, -0.2) is 12.7 Å². The van der Waals surface area contributed by atoms with E-state index in [2.05, 4.69) is 10.6 Å². The minimum absolute atomic E-state index is 0.00926. The number of fused-ring (bicyclic) bond motifs is 1. The number of aliphatic hydroxyl groups excluding tert-OH is 1. The molecule has 19 atom stereocenters. The Balaban J connectivity index is 1.78. The van der Waals surface area contributed by atoms with Gasteiger partial charge in [-0.3, -0.25) is 9.69 Å². The van der Waals surface area contributed by atoms with Crippen LogP contribution in [-0.2, 0) is 48.0 Å². The van der Waals surface area contributed by atoms with Crippen LogP contribution in [0.25, 0.3) is 0 Å². The lowest BCUT2D eigenvalue weighted by atomic mass is 9.75. The topological polar surface area (TPSA) is 227 Å². The number of alkyl halides is 3. The maximum absolute atomic E-state index is 14.4. The molecule has 0 amide bonds. The van der Waals surface area contributed by atoms with Crippen LogP contribution in [0.2, 0.25) is 0 Å². The summed E-state index contributed by atoms with van der Waals surface area (Å²) in [5.74, 6) is -3.63. The number of aliphatic hydroxyl groups is 4. The predicted octanol–water partition coefficient (Wildman–Crippen LogP) is 1.71. The number of cyclic esters (lactones) is 1. The van der Waals surface area contributed by atoms with Gasteiger partial charge < -0.3 is 64.2 Å². The van der Waals surface area contributed by atoms with E-state index in [-0.39, 0.29) is 57.0 Å². The van der Waals surface area contributed by atoms with Crippen molar-refractivity contribution in [2.24, 2.45) is 17.8 Å². The Labute approximate surface area is 383 Å². The zero-order chi connectivity index (χ0) is 49.4. The number of carbonyl (C=O) groups excluding carboxylic acids is 1. The maximum atomic E-state index is 14.4. The summed E-state index contributed by atoms with van der Waals surface area (Å²) in [6, 6.07) is -1.47. The molecule has 4 fully saturated rings. The first kappa shape index (κ1) is 56.2. The fourth-order valence-electron chi connectivity index (χ4n) is 10.2. The second kappa shape index (κ2) is 21.3. The second-order valence-electron chi connectivity index (χ2n) is 20.0. The summed E-state index contributed by atoms with van der Waals surface area (Å²) in [4.78, 5) is 15.6. The average Bonchev–Trinajstić information content (AvgIpc) is 3.55. The van der Waals surface area contributed by atoms with E-state index in [4.69, 9.17) is 33.2 Å². The summed E-state index contributed by atoms with van der Waals surface area (Å²) in [6.07, 6.45) is -17.4. The van der Waals surface area contributed by atoms with E-state index >= 15 is 0 Å². The molecule has 382 valence electrons. The number of methoxy groups -OCH3 is 1. The van der Waals surface area contributed by atoms with Gasteiger partial charge in [-0.05, 0) is 87.2 Å². The number of ether oxygens (including phenoxy) is 7. The Kier molecular flexibility index (Phi) is 18.5. The highest BCUT2D eigenvalue weighted by molar-refractivity contribution is 7.89. The molecule has 4 aliphatic rings. The van der Waals surface area contributed by atoms with Gasteiger partial charge in [0.1, 0.15) is 35.1 Å². The van der Waals surface area contributed by atoms with Crippen LogP contribution in [0.15, 0.2) is 0 Å². The Hall–Kier alpha value is -1.35. The van der Waals surface area contributed by atoms with E-state index in [0.717, 1.165) is 9.21 Å². The van der Waals surface area contributed by atoms with E-state index in [1.165, 1.54) is 49.0 Å². The minimum Gasteiger partial charge on any atom is -0.459 e. The van der Waals surface area contributed by atoms with E-state index < -0.39 is 130 Å². The number of likely N-dealkylation sites (N-methyl/N-ethyl adjacent to an activating group) is 1. The normalized spacial score (nSPS) is 45.8. The fraction of sp³-hybridized carbons (Fsp3) is 0.977. The number of rotatable bonds is 12. The third-order valence-electron chi connectivity index (χ3n) is 14.5. The van der Waals surface area contributed by atoms with Gasteiger partial charge in [0.15, 0.2) is 12.6 Å². The summed E-state index contributed by atoms with van der Waals surface area (Å²) in [6.45, 7) is 16.4. The van der Waals surface area contributed by atoms with Gasteiger partial charge in [0.25, 0.3) is 0 Å². The van der Waals surface area contributed by atoms with Crippen LogP contribution in [0, 0.1) is 17.8 Å². The zero-order valence-electron chi connectivity index (χ0n) is 40.6. The minimum atomic E-state index is -4.73. The van der Waals surface area contributed by atoms with Crippen molar-refractivity contribution in [3.8, 4) is 0 Å². The highest BCUT2D eigenvalue weighted by Crippen LogP contribution is 2.45. The Bertz CT molecular complexity index is 1680. The van der Waals surface area contributed by atoms with Crippen molar-refractivity contribution >= 4 is 16.0 Å². The Morgan fingerprint density at radius 3 is 2.20 bits per heavy atom. The number of halogens is 3. The molecular formula is C43H79F3N4O14S. The molecular weight excluding hydrogens is 886 g/mol. The Morgan fingerprint density at radius 2 is 1.63 bits per heavy atom. The molecule has 4 heterocycles. The monoisotopic (exact) mass is 965 g/mol. The molecule has 0 aliphatic carbocycles. The van der Waals surface area contributed by atoms with Gasteiger partial charge in [-0.15, -0.1) is 0 Å². The Morgan fingerprint density at radius 1 is 1.00 bits per heavy atom. The van der Waals surface area contributed by atoms with Gasteiger partial charge in [0.05, 0.1) is 41.7 Å². The molecule has 1 unspecified atom stereocenters. The molecule has 0 aromatic heterocycles. The number of nitrogens with zero attached hydrogens (tertiary/aromatic N) is 2. The van der Waals surface area contributed by atoms with E-state index in [0.29, 0.717) is 0 Å². The number of esters is 1. The van der Waals surface area contributed by atoms with Gasteiger partial charge in [0.2, 0.25) is 16.3 Å². The molecule has 6 N–H and O–H groups in total. The number of sulfonamides is 1. The summed E-state index contributed by atoms with van der Waals surface area (Å²) >= 11 is 0. The summed E-state index contributed by atoms with van der Waals surface area (Å²) in [5, 5.41) is 54.2. The van der Waals surface area contributed by atoms with Crippen LogP contribution in [0.1, 0.15) is 94.9 Å². The van der Waals surface area contributed by atoms with Crippen molar-refractivity contribution in [2.45, 2.75) is 197 Å². The van der Waals surface area contributed by atoms with Crippen molar-refractivity contribution < 1.29 is 80.0 Å². The van der Waals surface area contributed by atoms with Crippen LogP contribution in [0.5, 0.6) is 0 Å². The number of hydrogen-bond donors (Lipinski definition) is 6. The average molecular weight is 965 g/mol. The highest BCUT2D eigenvalue weighted by atomic mass is 32.2. The van der Waals surface area contributed by atoms with Crippen LogP contribution in [0.3, 0.4) is 0 Å². The highest BCUT2D eigenvalue weighted by Gasteiger charge is 2.60. The number of nitrogens with one attached hydrogen (secondary N) is 2. The number of carbonyl (C=O) groups is 1. The fourth-order valence-corrected chi connectivity index (χ4v) is 10.9. The van der Waals surface area contributed by atoms with Gasteiger partial charge in [-0.2, -0.15) is 13.2 Å². The molecule has 4 saturated heterocycles. The third-order valence-corrected chi connectivity index (χ3v) is 16.3. The molecule has 0 bridgehead atoms. The lowest BCUT2D eigenvalue weighted by Crippen LogP contribution is -2.70. The first-order valence-electron chi connectivity index (χ1n) is 22.8. The molecule has 22 heteroatoms. The molecule has 65 heavy (non-hydrogen) atoms. The van der Waals surface area contributed by atoms with Crippen molar-refractivity contribution in [1.82, 2.24) is 19.8 Å². The standard InChI is InChI=1S/C43H79F3N4O14S/c1-15-30-41(10,54)34(51)27(6)48-21-23(2)19-39(8,53)35(64-37-33-29(18-24(3)59-37)50(13)38(63-33)43(44,45)46)25(4)32(26(5)36(52)61-30)62-31-20-40(9,58-14)42(55,28(7)60-31)22-47-16-17-65(56,57)49(11)12/h23-35,37-38,47-48,51,53-55H,15-22H2,1-14H3/t23-,24-,25+,26-,27-,28+,29+,30-,31+,32+,33-,34-,35-,37+,38?,39-,40-,41-,42+/m1/s1. The second-order valence-corrected chi connectivity index (χ2v) is 22.3. The molecule has 4 rings (SSSR count). The van der Waals surface area contributed by atoms with Crippen molar-refractivity contribution in [2.75, 3.05) is 53.6 Å². The smallest absolute Gasteiger partial charge is 0.428 e. The molecule has 0 saturated carbocycles. The summed E-state index contributed by atoms with van der Waals surface area (Å²) < 4.78 is 112.